The minimum atomic E-state index is -0.161. The third kappa shape index (κ3) is 3.24. The number of rotatable bonds is 3. The molecular formula is C20H22N6O2S. The van der Waals surface area contributed by atoms with Crippen molar-refractivity contribution in [3.8, 4) is 5.69 Å². The summed E-state index contributed by atoms with van der Waals surface area (Å²) in [5, 5.41) is 5.53. The summed E-state index contributed by atoms with van der Waals surface area (Å²) in [4.78, 5) is 34.8. The molecule has 0 N–H and O–H groups in total. The Bertz CT molecular complexity index is 1120. The van der Waals surface area contributed by atoms with E-state index in [0.717, 1.165) is 31.9 Å². The predicted molar refractivity (Wildman–Crippen MR) is 112 cm³/mol. The van der Waals surface area contributed by atoms with Crippen LogP contribution in [0.4, 0.5) is 0 Å². The lowest BCUT2D eigenvalue weighted by Gasteiger charge is -2.33. The molecule has 29 heavy (non-hydrogen) atoms. The van der Waals surface area contributed by atoms with Gasteiger partial charge in [0, 0.05) is 38.4 Å². The van der Waals surface area contributed by atoms with Crippen LogP contribution in [0.25, 0.3) is 16.7 Å². The van der Waals surface area contributed by atoms with Gasteiger partial charge in [0.2, 0.25) is 5.91 Å². The summed E-state index contributed by atoms with van der Waals surface area (Å²) in [6.45, 7) is 3.28. The van der Waals surface area contributed by atoms with Gasteiger partial charge in [0.1, 0.15) is 5.39 Å². The van der Waals surface area contributed by atoms with Gasteiger partial charge in [0.25, 0.3) is 5.56 Å². The summed E-state index contributed by atoms with van der Waals surface area (Å²) in [6, 6.07) is 9.50. The maximum absolute atomic E-state index is 13.2. The van der Waals surface area contributed by atoms with Gasteiger partial charge < -0.3 is 9.80 Å². The first kappa shape index (κ1) is 18.4. The van der Waals surface area contributed by atoms with Crippen LogP contribution in [0.1, 0.15) is 12.5 Å². The van der Waals surface area contributed by atoms with Crippen LogP contribution in [0.2, 0.25) is 0 Å². The number of likely N-dealkylation sites (N-methyl/N-ethyl adjacent to an activating group) is 1. The van der Waals surface area contributed by atoms with Gasteiger partial charge in [-0.3, -0.25) is 14.2 Å². The highest BCUT2D eigenvalue weighted by molar-refractivity contribution is 7.99. The van der Waals surface area contributed by atoms with E-state index in [1.54, 1.807) is 15.4 Å². The average Bonchev–Trinajstić information content (AvgIpc) is 3.34. The molecule has 0 saturated carbocycles. The normalized spacial score (nSPS) is 19.6. The number of nitrogens with zero attached hydrogens (tertiary/aromatic N) is 6. The van der Waals surface area contributed by atoms with E-state index < -0.39 is 0 Å². The summed E-state index contributed by atoms with van der Waals surface area (Å²) < 4.78 is 3.39. The molecule has 2 aliphatic rings. The summed E-state index contributed by atoms with van der Waals surface area (Å²) >= 11 is 1.53. The van der Waals surface area contributed by atoms with Crippen molar-refractivity contribution >= 4 is 28.7 Å². The molecule has 8 nitrogen and oxygen atoms in total. The zero-order valence-electron chi connectivity index (χ0n) is 16.2. The number of fused-ring (bicyclic) bond motifs is 2. The molecular weight excluding hydrogens is 388 g/mol. The molecule has 1 fully saturated rings. The van der Waals surface area contributed by atoms with Crippen molar-refractivity contribution in [3.05, 3.63) is 46.9 Å². The van der Waals surface area contributed by atoms with Crippen LogP contribution < -0.4 is 5.56 Å². The van der Waals surface area contributed by atoms with Gasteiger partial charge in [-0.2, -0.15) is 5.10 Å². The number of piperazine rings is 1. The number of amides is 1. The summed E-state index contributed by atoms with van der Waals surface area (Å²) in [7, 11) is 2.07. The van der Waals surface area contributed by atoms with Crippen LogP contribution in [-0.2, 0) is 4.79 Å². The summed E-state index contributed by atoms with van der Waals surface area (Å²) in [5.74, 6) is 0.802. The van der Waals surface area contributed by atoms with Gasteiger partial charge in [0.15, 0.2) is 10.8 Å². The second-order valence-corrected chi connectivity index (χ2v) is 8.54. The fraction of sp³-hybridized carbons (Fsp3) is 0.400. The van der Waals surface area contributed by atoms with Crippen LogP contribution in [-0.4, -0.2) is 74.0 Å². The van der Waals surface area contributed by atoms with E-state index in [0.29, 0.717) is 28.4 Å². The number of carbonyl (C=O) groups is 1. The molecule has 4 heterocycles. The molecule has 0 radical (unpaired) electrons. The van der Waals surface area contributed by atoms with Crippen LogP contribution in [0.3, 0.4) is 0 Å². The molecule has 0 unspecified atom stereocenters. The zero-order valence-corrected chi connectivity index (χ0v) is 17.0. The monoisotopic (exact) mass is 410 g/mol. The van der Waals surface area contributed by atoms with Crippen LogP contribution in [0, 0.1) is 0 Å². The van der Waals surface area contributed by atoms with Crippen molar-refractivity contribution in [1.82, 2.24) is 29.1 Å². The SMILES string of the molecule is CN1CCN(C(=O)C[C@H]2CSc3nc4c(cnn4-c4ccccc4)c(=O)n32)CC1. The molecule has 3 aromatic rings. The van der Waals surface area contributed by atoms with Crippen molar-refractivity contribution in [2.75, 3.05) is 39.0 Å². The molecule has 1 atom stereocenters. The van der Waals surface area contributed by atoms with Gasteiger partial charge in [-0.1, -0.05) is 30.0 Å². The molecule has 0 aliphatic carbocycles. The topological polar surface area (TPSA) is 76.3 Å². The number of para-hydroxylation sites is 1. The smallest absolute Gasteiger partial charge is 0.265 e. The summed E-state index contributed by atoms with van der Waals surface area (Å²) in [5.41, 5.74) is 1.31. The molecule has 2 aromatic heterocycles. The number of benzene rings is 1. The lowest BCUT2D eigenvalue weighted by atomic mass is 10.2. The minimum absolute atomic E-state index is 0.114. The Morgan fingerprint density at radius 1 is 1.17 bits per heavy atom. The van der Waals surface area contributed by atoms with Crippen molar-refractivity contribution in [2.24, 2.45) is 0 Å². The standard InChI is InChI=1S/C20H22N6O2S/c1-23-7-9-24(10-8-23)17(27)11-15-13-29-20-22-18-16(19(28)25(15)20)12-21-26(18)14-5-3-2-4-6-14/h2-6,12,15H,7-11,13H2,1H3/t15-/m0/s1. The molecule has 1 amide bonds. The largest absolute Gasteiger partial charge is 0.340 e. The molecule has 0 bridgehead atoms. The highest BCUT2D eigenvalue weighted by atomic mass is 32.2. The van der Waals surface area contributed by atoms with Crippen molar-refractivity contribution in [3.63, 3.8) is 0 Å². The predicted octanol–water partition coefficient (Wildman–Crippen LogP) is 1.39. The fourth-order valence-corrected chi connectivity index (χ4v) is 5.06. The molecule has 1 saturated heterocycles. The van der Waals surface area contributed by atoms with E-state index in [4.69, 9.17) is 4.98 Å². The Kier molecular flexibility index (Phi) is 4.63. The quantitative estimate of drug-likeness (QED) is 0.608. The maximum atomic E-state index is 13.2. The third-order valence-electron chi connectivity index (χ3n) is 5.64. The van der Waals surface area contributed by atoms with Gasteiger partial charge in [-0.15, -0.1) is 0 Å². The first-order chi connectivity index (χ1) is 14.1. The first-order valence-corrected chi connectivity index (χ1v) is 10.7. The van der Waals surface area contributed by atoms with E-state index >= 15 is 0 Å². The Labute approximate surface area is 172 Å². The molecule has 5 rings (SSSR count). The number of hydrogen-bond acceptors (Lipinski definition) is 6. The van der Waals surface area contributed by atoms with Crippen LogP contribution in [0.15, 0.2) is 46.5 Å². The average molecular weight is 411 g/mol. The van der Waals surface area contributed by atoms with Crippen LogP contribution >= 0.6 is 11.8 Å². The van der Waals surface area contributed by atoms with E-state index in [1.165, 1.54) is 11.8 Å². The van der Waals surface area contributed by atoms with Crippen LogP contribution in [0.5, 0.6) is 0 Å². The number of aromatic nitrogens is 4. The Hall–Kier alpha value is -2.65. The van der Waals surface area contributed by atoms with Gasteiger partial charge in [-0.05, 0) is 19.2 Å². The minimum Gasteiger partial charge on any atom is -0.340 e. The third-order valence-corrected chi connectivity index (χ3v) is 6.74. The second kappa shape index (κ2) is 7.31. The van der Waals surface area contributed by atoms with E-state index in [-0.39, 0.29) is 17.5 Å². The van der Waals surface area contributed by atoms with Gasteiger partial charge in [0.05, 0.1) is 17.9 Å². The molecule has 0 spiro atoms. The van der Waals surface area contributed by atoms with E-state index in [1.807, 2.05) is 35.2 Å². The molecule has 150 valence electrons. The van der Waals surface area contributed by atoms with Gasteiger partial charge in [-0.25, -0.2) is 9.67 Å². The number of carbonyl (C=O) groups excluding carboxylic acids is 1. The number of hydrogen-bond donors (Lipinski definition) is 0. The number of thioether (sulfide) groups is 1. The lowest BCUT2D eigenvalue weighted by molar-refractivity contribution is -0.133. The maximum Gasteiger partial charge on any atom is 0.265 e. The van der Waals surface area contributed by atoms with Crippen molar-refractivity contribution in [2.45, 2.75) is 17.6 Å². The highest BCUT2D eigenvalue weighted by Gasteiger charge is 2.31. The van der Waals surface area contributed by atoms with Crippen molar-refractivity contribution < 1.29 is 4.79 Å². The fourth-order valence-electron chi connectivity index (χ4n) is 3.93. The Balaban J connectivity index is 1.45. The molecule has 9 heteroatoms. The highest BCUT2D eigenvalue weighted by Crippen LogP contribution is 2.33. The lowest BCUT2D eigenvalue weighted by Crippen LogP contribution is -2.47. The molecule has 1 aromatic carbocycles. The Morgan fingerprint density at radius 3 is 2.69 bits per heavy atom. The first-order valence-electron chi connectivity index (χ1n) is 9.76. The van der Waals surface area contributed by atoms with E-state index in [9.17, 15) is 9.59 Å². The second-order valence-electron chi connectivity index (χ2n) is 7.55. The Morgan fingerprint density at radius 2 is 1.93 bits per heavy atom. The molecule has 2 aliphatic heterocycles. The van der Waals surface area contributed by atoms with Crippen molar-refractivity contribution in [1.29, 1.82) is 0 Å². The van der Waals surface area contributed by atoms with E-state index in [2.05, 4.69) is 17.0 Å². The summed E-state index contributed by atoms with van der Waals surface area (Å²) in [6.07, 6.45) is 1.91. The zero-order chi connectivity index (χ0) is 20.0. The van der Waals surface area contributed by atoms with Gasteiger partial charge >= 0.3 is 0 Å².